The van der Waals surface area contributed by atoms with Crippen molar-refractivity contribution in [3.63, 3.8) is 0 Å². The molecule has 0 aromatic heterocycles. The van der Waals surface area contributed by atoms with Crippen LogP contribution >= 0.6 is 0 Å². The van der Waals surface area contributed by atoms with E-state index in [1.54, 1.807) is 0 Å². The Morgan fingerprint density at radius 1 is 0.692 bits per heavy atom. The minimum Gasteiger partial charge on any atom is -0.726 e. The normalized spacial score (nSPS) is 15.6. The zero-order valence-corrected chi connectivity index (χ0v) is 35.3. The predicted molar refractivity (Wildman–Crippen MR) is 221 cm³/mol. The molecule has 1 rings (SSSR count). The maximum absolute atomic E-state index is 12.4. The van der Waals surface area contributed by atoms with Gasteiger partial charge in [-0.2, -0.15) is 4.99 Å². The van der Waals surface area contributed by atoms with Crippen molar-refractivity contribution in [3.05, 3.63) is 24.6 Å². The molecule has 9 heteroatoms. The fourth-order valence-corrected chi connectivity index (χ4v) is 6.69. The minimum atomic E-state index is -4.41. The number of carbonyl (C=O) groups is 1. The summed E-state index contributed by atoms with van der Waals surface area (Å²) < 4.78 is 31.7. The minimum absolute atomic E-state index is 0.205. The lowest BCUT2D eigenvalue weighted by Crippen LogP contribution is -2.46. The molecular formula is C43H83N3O5S. The van der Waals surface area contributed by atoms with Crippen LogP contribution in [0.25, 0.3) is 0 Å². The summed E-state index contributed by atoms with van der Waals surface area (Å²) in [6, 6.07) is 0. The van der Waals surface area contributed by atoms with Crippen LogP contribution in [0.1, 0.15) is 213 Å². The lowest BCUT2D eigenvalue weighted by Gasteiger charge is -2.26. The van der Waals surface area contributed by atoms with Crippen LogP contribution in [-0.4, -0.2) is 56.4 Å². The van der Waals surface area contributed by atoms with Gasteiger partial charge in [-0.25, -0.2) is 12.9 Å². The highest BCUT2D eigenvalue weighted by molar-refractivity contribution is 7.80. The second-order valence-corrected chi connectivity index (χ2v) is 16.3. The van der Waals surface area contributed by atoms with E-state index in [1.807, 2.05) is 6.20 Å². The zero-order valence-electron chi connectivity index (χ0n) is 34.5. The Labute approximate surface area is 322 Å². The van der Waals surface area contributed by atoms with Crippen molar-refractivity contribution in [2.45, 2.75) is 213 Å². The van der Waals surface area contributed by atoms with E-state index < -0.39 is 10.4 Å². The quantitative estimate of drug-likeness (QED) is 0.0297. The largest absolute Gasteiger partial charge is 0.726 e. The predicted octanol–water partition coefficient (Wildman–Crippen LogP) is 12.2. The molecule has 1 N–H and O–H groups in total. The molecule has 0 fully saturated rings. The summed E-state index contributed by atoms with van der Waals surface area (Å²) in [6.07, 6.45) is 50.4. The van der Waals surface area contributed by atoms with Crippen molar-refractivity contribution in [2.75, 3.05) is 27.2 Å². The van der Waals surface area contributed by atoms with Gasteiger partial charge < -0.3 is 9.87 Å². The number of nitrogens with one attached hydrogen (secondary N) is 1. The number of carbonyl (C=O) groups excluding carboxylic acids is 1. The van der Waals surface area contributed by atoms with Crippen LogP contribution in [0, 0.1) is 0 Å². The third-order valence-electron chi connectivity index (χ3n) is 10.2. The van der Waals surface area contributed by atoms with E-state index in [0.29, 0.717) is 17.4 Å². The Morgan fingerprint density at radius 2 is 1.06 bits per heavy atom. The zero-order chi connectivity index (χ0) is 38.4. The number of unbranched alkanes of at least 4 members (excludes halogenated alkanes) is 28. The monoisotopic (exact) mass is 754 g/mol. The van der Waals surface area contributed by atoms with Crippen LogP contribution in [0.4, 0.5) is 0 Å². The Balaban J connectivity index is 0.00000397. The molecule has 0 aromatic carbocycles. The Morgan fingerprint density at radius 3 is 1.44 bits per heavy atom. The number of hydrogen-bond acceptors (Lipinski definition) is 6. The van der Waals surface area contributed by atoms with Crippen LogP contribution in [0.15, 0.2) is 29.5 Å². The van der Waals surface area contributed by atoms with Gasteiger partial charge in [0.1, 0.15) is 12.7 Å². The number of allylic oxidation sites excluding steroid dienone is 1. The first kappa shape index (κ1) is 50.5. The van der Waals surface area contributed by atoms with Gasteiger partial charge >= 0.3 is 0 Å². The van der Waals surface area contributed by atoms with E-state index in [2.05, 4.69) is 53.7 Å². The van der Waals surface area contributed by atoms with Gasteiger partial charge in [-0.05, 0) is 19.3 Å². The number of likely N-dealkylation sites (N-methyl/N-ethyl adjacent to an activating group) is 1. The van der Waals surface area contributed by atoms with E-state index in [4.69, 9.17) is 0 Å². The maximum Gasteiger partial charge on any atom is 0.231 e. The number of rotatable bonds is 36. The van der Waals surface area contributed by atoms with Crippen LogP contribution in [-0.2, 0) is 19.4 Å². The maximum atomic E-state index is 12.4. The molecule has 0 aromatic rings. The van der Waals surface area contributed by atoms with E-state index in [0.717, 1.165) is 32.3 Å². The van der Waals surface area contributed by atoms with E-state index in [9.17, 15) is 17.8 Å². The molecule has 52 heavy (non-hydrogen) atoms. The fraction of sp³-hybridized carbons (Fsp3) is 0.860. The van der Waals surface area contributed by atoms with Crippen molar-refractivity contribution in [3.8, 4) is 0 Å². The highest BCUT2D eigenvalue weighted by Gasteiger charge is 2.28. The van der Waals surface area contributed by atoms with Crippen molar-refractivity contribution in [2.24, 2.45) is 4.99 Å². The molecule has 1 aliphatic rings. The molecule has 0 spiro atoms. The molecular weight excluding hydrogens is 671 g/mol. The first-order chi connectivity index (χ1) is 25.2. The molecule has 0 saturated heterocycles. The fourth-order valence-electron chi connectivity index (χ4n) is 6.69. The summed E-state index contributed by atoms with van der Waals surface area (Å²) in [5, 5.41) is 3.16. The average Bonchev–Trinajstić information content (AvgIpc) is 3.49. The molecule has 0 saturated carbocycles. The second kappa shape index (κ2) is 36.4. The van der Waals surface area contributed by atoms with Gasteiger partial charge in [-0.3, -0.25) is 8.98 Å². The van der Waals surface area contributed by atoms with Crippen LogP contribution in [0.2, 0.25) is 0 Å². The molecule has 0 aliphatic carbocycles. The molecule has 1 amide bonds. The highest BCUT2D eigenvalue weighted by atomic mass is 32.3. The molecule has 1 heterocycles. The van der Waals surface area contributed by atoms with Crippen LogP contribution in [0.3, 0.4) is 0 Å². The molecule has 306 valence electrons. The second-order valence-electron chi connectivity index (χ2n) is 15.2. The molecule has 0 bridgehead atoms. The van der Waals surface area contributed by atoms with Gasteiger partial charge in [0.2, 0.25) is 22.1 Å². The van der Waals surface area contributed by atoms with Gasteiger partial charge in [0, 0.05) is 12.5 Å². The van der Waals surface area contributed by atoms with Crippen molar-refractivity contribution >= 4 is 22.1 Å². The number of amides is 1. The standard InChI is InChI=1S/C42H79N3O.CH4O4S/c1-4-6-8-10-12-14-16-18-20-22-23-25-27-29-31-33-35-41-43-37-39-45(41,3)40-38-44-42(46)36-34-32-30-28-26-24-21-19-17-15-13-11-9-7-5-2;1-5-6(2,3)4/h33,35,37,39H,4-32,34,36,38,40H2,1-3H3;1H3,(H,2,3,4). The Bertz CT molecular complexity index is 1010. The number of amidine groups is 1. The number of hydrogen-bond donors (Lipinski definition) is 1. The van der Waals surface area contributed by atoms with Gasteiger partial charge in [0.25, 0.3) is 0 Å². The van der Waals surface area contributed by atoms with Gasteiger partial charge in [0.05, 0.1) is 26.9 Å². The number of nitrogens with zero attached hydrogens (tertiary/aromatic N) is 2. The summed E-state index contributed by atoms with van der Waals surface area (Å²) >= 11 is 0. The van der Waals surface area contributed by atoms with Crippen LogP contribution in [0.5, 0.6) is 0 Å². The van der Waals surface area contributed by atoms with Crippen molar-refractivity contribution < 1.29 is 26.4 Å². The first-order valence-corrected chi connectivity index (χ1v) is 23.1. The van der Waals surface area contributed by atoms with Gasteiger partial charge in [-0.15, -0.1) is 0 Å². The van der Waals surface area contributed by atoms with Gasteiger partial charge in [-0.1, -0.05) is 193 Å². The third-order valence-corrected chi connectivity index (χ3v) is 10.6. The Hall–Kier alpha value is -1.55. The van der Waals surface area contributed by atoms with E-state index in [-0.39, 0.29) is 5.91 Å². The molecule has 1 atom stereocenters. The molecule has 1 unspecified atom stereocenters. The Kier molecular flexibility index (Phi) is 35.3. The number of quaternary nitrogens is 1. The topological polar surface area (TPSA) is 108 Å². The summed E-state index contributed by atoms with van der Waals surface area (Å²) in [6.45, 7) is 6.13. The SMILES string of the molecule is CCCCCCCCCCCCCCCCC=CC1=NC=C[N+]1(C)CCNC(=O)CCCCCCCCCCCCCCCCC.COS(=O)(=O)[O-]. The van der Waals surface area contributed by atoms with Crippen molar-refractivity contribution in [1.29, 1.82) is 0 Å². The average molecular weight is 754 g/mol. The molecule has 1 aliphatic heterocycles. The summed E-state index contributed by atoms with van der Waals surface area (Å²) in [5.41, 5.74) is 0. The summed E-state index contributed by atoms with van der Waals surface area (Å²) in [7, 11) is -1.41. The summed E-state index contributed by atoms with van der Waals surface area (Å²) in [4.78, 5) is 17.0. The van der Waals surface area contributed by atoms with Crippen LogP contribution < -0.4 is 5.32 Å². The van der Waals surface area contributed by atoms with E-state index in [1.165, 1.54) is 180 Å². The number of aliphatic imine (C=N–C) groups is 1. The smallest absolute Gasteiger partial charge is 0.231 e. The molecule has 0 radical (unpaired) electrons. The lowest BCUT2D eigenvalue weighted by atomic mass is 10.0. The first-order valence-electron chi connectivity index (χ1n) is 21.7. The van der Waals surface area contributed by atoms with Gasteiger partial charge in [0.15, 0.2) is 0 Å². The van der Waals surface area contributed by atoms with E-state index >= 15 is 0 Å². The highest BCUT2D eigenvalue weighted by Crippen LogP contribution is 2.17. The lowest BCUT2D eigenvalue weighted by molar-refractivity contribution is -0.761. The molecule has 8 nitrogen and oxygen atoms in total. The third kappa shape index (κ3) is 34.2. The van der Waals surface area contributed by atoms with Crippen molar-refractivity contribution in [1.82, 2.24) is 5.32 Å². The summed E-state index contributed by atoms with van der Waals surface area (Å²) in [5.74, 6) is 1.29.